The molecule has 2 saturated heterocycles. The normalized spacial score (nSPS) is 28.2. The summed E-state index contributed by atoms with van der Waals surface area (Å²) in [6.07, 6.45) is 2.83. The lowest BCUT2D eigenvalue weighted by molar-refractivity contribution is -0.128. The first-order chi connectivity index (χ1) is 20.2. The number of likely N-dealkylation sites (tertiary alicyclic amines) is 1. The van der Waals surface area contributed by atoms with Crippen molar-refractivity contribution in [2.45, 2.75) is 55.8 Å². The number of esters is 1. The average Bonchev–Trinajstić information content (AvgIpc) is 3.54. The van der Waals surface area contributed by atoms with Gasteiger partial charge in [-0.15, -0.1) is 0 Å². The fourth-order valence-corrected chi connectivity index (χ4v) is 8.02. The Morgan fingerprint density at radius 3 is 2.69 bits per heavy atom. The van der Waals surface area contributed by atoms with Gasteiger partial charge in [0.1, 0.15) is 11.4 Å². The SMILES string of the molecule is COC(=O)c1ccc(C2C[C@H]3[C@@H](N2)[C@H](c2cccc(Cl)c2F)[C@]2(C(=O)Nc4cc(Cl)ccc42)N3CC2CC2)c(N)c1C. The second kappa shape index (κ2) is 9.95. The number of hydrogen-bond acceptors (Lipinski definition) is 6. The third-order valence-electron chi connectivity index (χ3n) is 9.73. The maximum atomic E-state index is 16.0. The minimum absolute atomic E-state index is 0.0161. The maximum Gasteiger partial charge on any atom is 0.338 e. The van der Waals surface area contributed by atoms with Gasteiger partial charge in [-0.1, -0.05) is 47.5 Å². The quantitative estimate of drug-likeness (QED) is 0.245. The number of nitrogens with two attached hydrogens (primary N) is 1. The maximum absolute atomic E-state index is 16.0. The second-order valence-electron chi connectivity index (χ2n) is 11.9. The van der Waals surface area contributed by atoms with Crippen LogP contribution in [0.1, 0.15) is 63.8 Å². The topological polar surface area (TPSA) is 96.7 Å². The van der Waals surface area contributed by atoms with Crippen molar-refractivity contribution >= 4 is 46.5 Å². The molecular formula is C32H31Cl2FN4O3. The Balaban J connectivity index is 1.39. The molecule has 4 aliphatic rings. The number of nitrogens with one attached hydrogen (secondary N) is 2. The summed E-state index contributed by atoms with van der Waals surface area (Å²) in [5.74, 6) is -1.28. The summed E-state index contributed by atoms with van der Waals surface area (Å²) in [6.45, 7) is 2.52. The second-order valence-corrected chi connectivity index (χ2v) is 12.8. The molecular weight excluding hydrogens is 578 g/mol. The summed E-state index contributed by atoms with van der Waals surface area (Å²) >= 11 is 12.7. The molecule has 3 aliphatic heterocycles. The number of hydrogen-bond donors (Lipinski definition) is 3. The summed E-state index contributed by atoms with van der Waals surface area (Å²) < 4.78 is 20.9. The van der Waals surface area contributed by atoms with Crippen LogP contribution in [0.3, 0.4) is 0 Å². The van der Waals surface area contributed by atoms with E-state index in [0.29, 0.717) is 52.0 Å². The van der Waals surface area contributed by atoms with Gasteiger partial charge in [-0.05, 0) is 73.1 Å². The lowest BCUT2D eigenvalue weighted by Crippen LogP contribution is -2.53. The van der Waals surface area contributed by atoms with Gasteiger partial charge in [-0.3, -0.25) is 9.69 Å². The van der Waals surface area contributed by atoms with Crippen LogP contribution in [0.4, 0.5) is 15.8 Å². The van der Waals surface area contributed by atoms with E-state index in [-0.39, 0.29) is 29.1 Å². The van der Waals surface area contributed by atoms with Crippen LogP contribution in [0.2, 0.25) is 10.0 Å². The van der Waals surface area contributed by atoms with E-state index in [2.05, 4.69) is 15.5 Å². The van der Waals surface area contributed by atoms with E-state index in [0.717, 1.165) is 24.0 Å². The molecule has 0 radical (unpaired) electrons. The predicted octanol–water partition coefficient (Wildman–Crippen LogP) is 5.94. The standard InChI is InChI=1S/C32H31Cl2FN4O3/c1-15-18(30(40)42-2)9-10-19(28(15)36)23-13-25-29(37-23)26(20-4-3-5-22(34)27(20)35)32(39(25)14-16-6-7-16)21-11-8-17(33)12-24(21)38-31(32)41/h3-5,8-12,16,23,25-26,29,37H,6-7,13-14,36H2,1-2H3,(H,38,41)/t23?,25-,26-,29+,32+/m0/s1. The van der Waals surface area contributed by atoms with Gasteiger partial charge in [0.05, 0.1) is 17.7 Å². The monoisotopic (exact) mass is 608 g/mol. The number of amides is 1. The number of rotatable bonds is 5. The third kappa shape index (κ3) is 3.92. The van der Waals surface area contributed by atoms with Crippen LogP contribution >= 0.6 is 23.2 Å². The highest BCUT2D eigenvalue weighted by atomic mass is 35.5. The van der Waals surface area contributed by atoms with Gasteiger partial charge in [-0.2, -0.15) is 0 Å². The molecule has 5 atom stereocenters. The molecule has 3 aromatic rings. The number of ether oxygens (including phenoxy) is 1. The third-order valence-corrected chi connectivity index (χ3v) is 10.3. The summed E-state index contributed by atoms with van der Waals surface area (Å²) in [4.78, 5) is 28.9. The number of halogens is 3. The zero-order chi connectivity index (χ0) is 29.5. The molecule has 10 heteroatoms. The van der Waals surface area contributed by atoms with Crippen LogP contribution in [0.25, 0.3) is 0 Å². The zero-order valence-electron chi connectivity index (χ0n) is 23.2. The lowest BCUT2D eigenvalue weighted by atomic mass is 9.73. The number of carbonyl (C=O) groups excluding carboxylic acids is 2. The molecule has 1 amide bonds. The smallest absolute Gasteiger partial charge is 0.338 e. The van der Waals surface area contributed by atoms with E-state index in [1.807, 2.05) is 19.1 Å². The van der Waals surface area contributed by atoms with Crippen molar-refractivity contribution in [2.24, 2.45) is 5.92 Å². The van der Waals surface area contributed by atoms with Gasteiger partial charge in [0.15, 0.2) is 0 Å². The van der Waals surface area contributed by atoms with Gasteiger partial charge < -0.3 is 21.1 Å². The van der Waals surface area contributed by atoms with Gasteiger partial charge in [0, 0.05) is 52.5 Å². The molecule has 218 valence electrons. The molecule has 3 heterocycles. The Hall–Kier alpha value is -3.17. The lowest BCUT2D eigenvalue weighted by Gasteiger charge is -2.41. The first kappa shape index (κ1) is 27.7. The Morgan fingerprint density at radius 2 is 1.95 bits per heavy atom. The Morgan fingerprint density at radius 1 is 1.17 bits per heavy atom. The minimum atomic E-state index is -1.16. The Bertz CT molecular complexity index is 1650. The average molecular weight is 610 g/mol. The zero-order valence-corrected chi connectivity index (χ0v) is 24.7. The van der Waals surface area contributed by atoms with Crippen molar-refractivity contribution in [3.8, 4) is 0 Å². The van der Waals surface area contributed by atoms with Crippen molar-refractivity contribution in [3.05, 3.63) is 92.2 Å². The highest BCUT2D eigenvalue weighted by molar-refractivity contribution is 6.31. The predicted molar refractivity (Wildman–Crippen MR) is 160 cm³/mol. The molecule has 0 bridgehead atoms. The number of nitrogens with zero attached hydrogens (tertiary/aromatic N) is 1. The van der Waals surface area contributed by atoms with Crippen LogP contribution in [0, 0.1) is 18.7 Å². The van der Waals surface area contributed by atoms with Gasteiger partial charge in [-0.25, -0.2) is 9.18 Å². The van der Waals surface area contributed by atoms with Crippen molar-refractivity contribution in [3.63, 3.8) is 0 Å². The van der Waals surface area contributed by atoms with Gasteiger partial charge in [0.2, 0.25) is 5.91 Å². The molecule has 3 fully saturated rings. The molecule has 0 aromatic heterocycles. The molecule has 1 saturated carbocycles. The molecule has 42 heavy (non-hydrogen) atoms. The summed E-state index contributed by atoms with van der Waals surface area (Å²) in [6, 6.07) is 13.5. The van der Waals surface area contributed by atoms with Crippen LogP contribution < -0.4 is 16.4 Å². The highest BCUT2D eigenvalue weighted by Gasteiger charge is 2.69. The fraction of sp³-hybridized carbons (Fsp3) is 0.375. The summed E-state index contributed by atoms with van der Waals surface area (Å²) in [5, 5.41) is 7.40. The number of carbonyl (C=O) groups is 2. The van der Waals surface area contributed by atoms with Crippen LogP contribution in [-0.2, 0) is 15.1 Å². The van der Waals surface area contributed by atoms with Crippen LogP contribution in [0.5, 0.6) is 0 Å². The van der Waals surface area contributed by atoms with E-state index in [1.165, 1.54) is 13.2 Å². The molecule has 1 spiro atoms. The molecule has 3 aromatic carbocycles. The van der Waals surface area contributed by atoms with Crippen LogP contribution in [-0.4, -0.2) is 42.5 Å². The van der Waals surface area contributed by atoms with E-state index < -0.39 is 23.2 Å². The number of nitrogen functional groups attached to an aromatic ring is 1. The van der Waals surface area contributed by atoms with Crippen molar-refractivity contribution in [1.82, 2.24) is 10.2 Å². The van der Waals surface area contributed by atoms with Crippen molar-refractivity contribution in [1.29, 1.82) is 0 Å². The number of benzene rings is 3. The van der Waals surface area contributed by atoms with Crippen LogP contribution in [0.15, 0.2) is 48.5 Å². The number of fused-ring (bicyclic) bond motifs is 3. The first-order valence-corrected chi connectivity index (χ1v) is 15.0. The van der Waals surface area contributed by atoms with E-state index >= 15 is 4.39 Å². The largest absolute Gasteiger partial charge is 0.465 e. The molecule has 7 rings (SSSR count). The minimum Gasteiger partial charge on any atom is -0.465 e. The van der Waals surface area contributed by atoms with Crippen molar-refractivity contribution in [2.75, 3.05) is 24.7 Å². The first-order valence-electron chi connectivity index (χ1n) is 14.2. The van der Waals surface area contributed by atoms with Crippen molar-refractivity contribution < 1.29 is 18.7 Å². The van der Waals surface area contributed by atoms with Gasteiger partial charge >= 0.3 is 5.97 Å². The summed E-state index contributed by atoms with van der Waals surface area (Å²) in [7, 11) is 1.34. The summed E-state index contributed by atoms with van der Waals surface area (Å²) in [5.41, 5.74) is 9.76. The highest BCUT2D eigenvalue weighted by Crippen LogP contribution is 2.61. The van der Waals surface area contributed by atoms with E-state index in [1.54, 1.807) is 30.3 Å². The Kier molecular flexibility index (Phi) is 6.55. The number of methoxy groups -OCH3 is 1. The number of anilines is 2. The fourth-order valence-electron chi connectivity index (χ4n) is 7.66. The van der Waals surface area contributed by atoms with E-state index in [9.17, 15) is 9.59 Å². The molecule has 1 unspecified atom stereocenters. The Labute approximate surface area is 253 Å². The molecule has 4 N–H and O–H groups in total. The molecule has 7 nitrogen and oxygen atoms in total. The molecule has 1 aliphatic carbocycles. The van der Waals surface area contributed by atoms with E-state index in [4.69, 9.17) is 33.7 Å². The van der Waals surface area contributed by atoms with Gasteiger partial charge in [0.25, 0.3) is 0 Å².